The van der Waals surface area contributed by atoms with Crippen LogP contribution in [0.2, 0.25) is 0 Å². The molecule has 4 heteroatoms. The van der Waals surface area contributed by atoms with Gasteiger partial charge in [-0.05, 0) is 30.2 Å². The highest BCUT2D eigenvalue weighted by molar-refractivity contribution is 7.72. The molecule has 0 aliphatic carbocycles. The first-order chi connectivity index (χ1) is 8.75. The zero-order valence-corrected chi connectivity index (χ0v) is 10.7. The molecule has 0 saturated carbocycles. The van der Waals surface area contributed by atoms with Gasteiger partial charge in [-0.3, -0.25) is 0 Å². The summed E-state index contributed by atoms with van der Waals surface area (Å²) in [5.41, 5.74) is 2.08. The van der Waals surface area contributed by atoms with Crippen molar-refractivity contribution in [3.63, 3.8) is 0 Å². The first-order valence-electron chi connectivity index (χ1n) is 5.69. The van der Waals surface area contributed by atoms with Gasteiger partial charge in [-0.1, -0.05) is 30.3 Å². The van der Waals surface area contributed by atoms with Gasteiger partial charge in [0, 0.05) is 18.3 Å². The third kappa shape index (κ3) is 3.60. The molecule has 0 bridgehead atoms. The maximum atomic E-state index is 10.7. The van der Waals surface area contributed by atoms with E-state index >= 15 is 0 Å². The Morgan fingerprint density at radius 3 is 2.44 bits per heavy atom. The Kier molecular flexibility index (Phi) is 4.36. The van der Waals surface area contributed by atoms with Crippen LogP contribution in [-0.2, 0) is 17.1 Å². The van der Waals surface area contributed by atoms with Crippen molar-refractivity contribution in [2.45, 2.75) is 11.3 Å². The van der Waals surface area contributed by atoms with Crippen LogP contribution in [0.3, 0.4) is 0 Å². The number of nitrogens with one attached hydrogen (secondary N) is 1. The molecule has 0 atom stereocenters. The van der Waals surface area contributed by atoms with Crippen molar-refractivity contribution in [3.8, 4) is 0 Å². The number of rotatable bonds is 5. The molecule has 0 aromatic heterocycles. The lowest BCUT2D eigenvalue weighted by Gasteiger charge is -2.06. The average Bonchev–Trinajstić information content (AvgIpc) is 2.40. The first kappa shape index (κ1) is 12.6. The number of hydrogen-bond acceptors (Lipinski definition) is 3. The molecule has 18 heavy (non-hydrogen) atoms. The van der Waals surface area contributed by atoms with E-state index in [1.807, 2.05) is 18.2 Å². The molecule has 0 aliphatic rings. The summed E-state index contributed by atoms with van der Waals surface area (Å²) in [4.78, 5) is 0.290. The molecular weight excluding hydrogens is 246 g/mol. The van der Waals surface area contributed by atoms with E-state index < -0.39 is 10.7 Å². The van der Waals surface area contributed by atoms with Crippen LogP contribution < -0.4 is 5.32 Å². The molecule has 3 nitrogen and oxygen atoms in total. The molecular formula is C14H14NO2S. The molecule has 0 unspecified atom stereocenters. The van der Waals surface area contributed by atoms with Crippen molar-refractivity contribution >= 4 is 16.4 Å². The van der Waals surface area contributed by atoms with E-state index in [4.69, 9.17) is 0 Å². The van der Waals surface area contributed by atoms with Crippen LogP contribution in [0, 0.1) is 6.07 Å². The Balaban J connectivity index is 1.87. The molecule has 93 valence electrons. The second-order valence-electron chi connectivity index (χ2n) is 3.88. The van der Waals surface area contributed by atoms with Crippen molar-refractivity contribution in [2.24, 2.45) is 0 Å². The minimum Gasteiger partial charge on any atom is -0.384 e. The van der Waals surface area contributed by atoms with Gasteiger partial charge in [-0.2, -0.15) is 0 Å². The fraction of sp³-hybridized carbons (Fsp3) is 0.143. The van der Waals surface area contributed by atoms with Crippen LogP contribution in [0.15, 0.2) is 53.4 Å². The Morgan fingerprint density at radius 1 is 1.06 bits per heavy atom. The summed E-state index contributed by atoms with van der Waals surface area (Å²) in [6.07, 6.45) is 0.923. The Labute approximate surface area is 108 Å². The molecule has 0 spiro atoms. The van der Waals surface area contributed by atoms with Gasteiger partial charge in [0.05, 0.1) is 4.90 Å². The van der Waals surface area contributed by atoms with Gasteiger partial charge in [-0.25, -0.2) is 8.42 Å². The normalized spacial score (nSPS) is 10.5. The number of anilines is 1. The highest BCUT2D eigenvalue weighted by Gasteiger charge is 1.96. The minimum absolute atomic E-state index is 0.290. The van der Waals surface area contributed by atoms with Gasteiger partial charge < -0.3 is 5.32 Å². The summed E-state index contributed by atoms with van der Waals surface area (Å²) in [5.74, 6) is 0. The zero-order valence-electron chi connectivity index (χ0n) is 9.80. The van der Waals surface area contributed by atoms with E-state index in [9.17, 15) is 8.42 Å². The van der Waals surface area contributed by atoms with Crippen molar-refractivity contribution in [2.75, 3.05) is 11.9 Å². The maximum absolute atomic E-state index is 10.7. The molecule has 2 aromatic carbocycles. The minimum atomic E-state index is -2.52. The van der Waals surface area contributed by atoms with Gasteiger partial charge in [0.15, 0.2) is 10.7 Å². The second-order valence-corrected chi connectivity index (χ2v) is 4.91. The van der Waals surface area contributed by atoms with Crippen LogP contribution in [0.5, 0.6) is 0 Å². The molecule has 0 heterocycles. The summed E-state index contributed by atoms with van der Waals surface area (Å²) in [5, 5.41) is 3.21. The maximum Gasteiger partial charge on any atom is 0.168 e. The van der Waals surface area contributed by atoms with Gasteiger partial charge in [0.25, 0.3) is 0 Å². The lowest BCUT2D eigenvalue weighted by atomic mass is 10.1. The molecule has 1 N–H and O–H groups in total. The average molecular weight is 260 g/mol. The van der Waals surface area contributed by atoms with E-state index in [-0.39, 0.29) is 0 Å². The summed E-state index contributed by atoms with van der Waals surface area (Å²) < 4.78 is 21.4. The standard InChI is InChI=1S/C14H14NO2S/c16-18(17)14-8-6-13(7-9-14)15-11-10-12-4-2-1-3-5-12/h1-6,8-9,15,18H,10-11H2. The van der Waals surface area contributed by atoms with E-state index in [1.165, 1.54) is 11.6 Å². The predicted molar refractivity (Wildman–Crippen MR) is 72.5 cm³/mol. The van der Waals surface area contributed by atoms with E-state index in [1.54, 1.807) is 12.1 Å². The monoisotopic (exact) mass is 260 g/mol. The highest BCUT2D eigenvalue weighted by Crippen LogP contribution is 2.09. The first-order valence-corrected chi connectivity index (χ1v) is 6.87. The van der Waals surface area contributed by atoms with E-state index in [2.05, 4.69) is 23.5 Å². The zero-order chi connectivity index (χ0) is 12.8. The van der Waals surface area contributed by atoms with Crippen molar-refractivity contribution < 1.29 is 8.42 Å². The van der Waals surface area contributed by atoms with Gasteiger partial charge in [0.2, 0.25) is 0 Å². The van der Waals surface area contributed by atoms with Crippen LogP contribution >= 0.6 is 0 Å². The Morgan fingerprint density at radius 2 is 1.83 bits per heavy atom. The van der Waals surface area contributed by atoms with Gasteiger partial charge >= 0.3 is 0 Å². The van der Waals surface area contributed by atoms with Crippen LogP contribution in [0.1, 0.15) is 5.56 Å². The fourth-order valence-electron chi connectivity index (χ4n) is 1.63. The molecule has 2 rings (SSSR count). The predicted octanol–water partition coefficient (Wildman–Crippen LogP) is 2.11. The molecule has 2 aromatic rings. The number of hydrogen-bond donors (Lipinski definition) is 2. The fourth-order valence-corrected chi connectivity index (χ4v) is 1.99. The third-order valence-corrected chi connectivity index (χ3v) is 3.28. The third-order valence-electron chi connectivity index (χ3n) is 2.58. The summed E-state index contributed by atoms with van der Waals surface area (Å²) >= 11 is 0. The lowest BCUT2D eigenvalue weighted by Crippen LogP contribution is -2.04. The molecule has 0 fully saturated rings. The van der Waals surface area contributed by atoms with Crippen LogP contribution in [0.25, 0.3) is 0 Å². The van der Waals surface area contributed by atoms with Crippen LogP contribution in [-0.4, -0.2) is 15.0 Å². The van der Waals surface area contributed by atoms with Crippen molar-refractivity contribution in [3.05, 3.63) is 60.2 Å². The topological polar surface area (TPSA) is 46.2 Å². The summed E-state index contributed by atoms with van der Waals surface area (Å²) in [6, 6.07) is 17.9. The smallest absolute Gasteiger partial charge is 0.168 e. The van der Waals surface area contributed by atoms with E-state index in [0.717, 1.165) is 18.7 Å². The highest BCUT2D eigenvalue weighted by atomic mass is 32.2. The summed E-state index contributed by atoms with van der Waals surface area (Å²) in [6.45, 7) is 0.795. The molecule has 1 radical (unpaired) electrons. The van der Waals surface area contributed by atoms with Crippen molar-refractivity contribution in [1.82, 2.24) is 0 Å². The van der Waals surface area contributed by atoms with E-state index in [0.29, 0.717) is 4.90 Å². The Hall–Kier alpha value is -1.81. The second kappa shape index (κ2) is 6.21. The molecule has 0 saturated heterocycles. The lowest BCUT2D eigenvalue weighted by molar-refractivity contribution is 0.614. The van der Waals surface area contributed by atoms with Gasteiger partial charge in [0.1, 0.15) is 0 Å². The Bertz CT molecular complexity index is 554. The van der Waals surface area contributed by atoms with Gasteiger partial charge in [-0.15, -0.1) is 0 Å². The van der Waals surface area contributed by atoms with Crippen molar-refractivity contribution in [1.29, 1.82) is 0 Å². The molecule has 0 aliphatic heterocycles. The number of benzene rings is 2. The van der Waals surface area contributed by atoms with Crippen LogP contribution in [0.4, 0.5) is 5.69 Å². The summed E-state index contributed by atoms with van der Waals surface area (Å²) in [7, 11) is -2.52. The number of thiol groups is 1. The quantitative estimate of drug-likeness (QED) is 0.809. The molecule has 0 amide bonds. The largest absolute Gasteiger partial charge is 0.384 e. The SMILES string of the molecule is O=[SH](=O)c1c[c]c(NCCc2ccccc2)cc1.